The molecule has 0 aliphatic heterocycles. The van der Waals surface area contributed by atoms with Gasteiger partial charge in [-0.25, -0.2) is 13.2 Å². The molecule has 0 unspecified atom stereocenters. The highest BCUT2D eigenvalue weighted by molar-refractivity contribution is 7.09. The van der Waals surface area contributed by atoms with Crippen LogP contribution in [0.3, 0.4) is 0 Å². The second-order valence-electron chi connectivity index (χ2n) is 4.20. The van der Waals surface area contributed by atoms with Crippen molar-refractivity contribution in [2.75, 3.05) is 5.32 Å². The van der Waals surface area contributed by atoms with Gasteiger partial charge in [-0.15, -0.1) is 11.3 Å². The number of amides is 1. The van der Waals surface area contributed by atoms with E-state index >= 15 is 0 Å². The SMILES string of the molecule is O=C(CCCc1cccs1)Nc1ccc(F)c(F)c1F. The first-order valence-electron chi connectivity index (χ1n) is 6.03. The third-order valence-corrected chi connectivity index (χ3v) is 3.65. The fourth-order valence-electron chi connectivity index (χ4n) is 1.71. The number of anilines is 1. The molecule has 106 valence electrons. The summed E-state index contributed by atoms with van der Waals surface area (Å²) in [5.41, 5.74) is -0.343. The summed E-state index contributed by atoms with van der Waals surface area (Å²) in [5.74, 6) is -4.66. The monoisotopic (exact) mass is 299 g/mol. The average molecular weight is 299 g/mol. The van der Waals surface area contributed by atoms with Gasteiger partial charge in [0.05, 0.1) is 5.69 Å². The molecule has 0 aliphatic carbocycles. The predicted molar refractivity (Wildman–Crippen MR) is 72.2 cm³/mol. The summed E-state index contributed by atoms with van der Waals surface area (Å²) in [6.45, 7) is 0. The highest BCUT2D eigenvalue weighted by Crippen LogP contribution is 2.20. The standard InChI is InChI=1S/C14H12F3NOS/c15-10-6-7-11(14(17)13(10)16)18-12(19)5-1-3-9-4-2-8-20-9/h2,4,6-8H,1,3,5H2,(H,18,19). The number of hydrogen-bond acceptors (Lipinski definition) is 2. The van der Waals surface area contributed by atoms with Crippen LogP contribution < -0.4 is 5.32 Å². The van der Waals surface area contributed by atoms with E-state index in [0.717, 1.165) is 23.4 Å². The number of halogens is 3. The quantitative estimate of drug-likeness (QED) is 0.826. The zero-order valence-electron chi connectivity index (χ0n) is 10.5. The predicted octanol–water partition coefficient (Wildman–Crippen LogP) is 4.13. The number of aryl methyl sites for hydroxylation is 1. The van der Waals surface area contributed by atoms with Crippen LogP contribution in [0, 0.1) is 17.5 Å². The lowest BCUT2D eigenvalue weighted by Gasteiger charge is -2.07. The van der Waals surface area contributed by atoms with Gasteiger partial charge < -0.3 is 5.32 Å². The average Bonchev–Trinajstić information content (AvgIpc) is 2.93. The van der Waals surface area contributed by atoms with Gasteiger partial charge in [-0.2, -0.15) is 0 Å². The van der Waals surface area contributed by atoms with Crippen molar-refractivity contribution in [3.63, 3.8) is 0 Å². The molecule has 0 saturated heterocycles. The van der Waals surface area contributed by atoms with Crippen molar-refractivity contribution in [2.45, 2.75) is 19.3 Å². The molecular formula is C14H12F3NOS. The Hall–Kier alpha value is -1.82. The number of hydrogen-bond donors (Lipinski definition) is 1. The second-order valence-corrected chi connectivity index (χ2v) is 5.24. The summed E-state index contributed by atoms with van der Waals surface area (Å²) in [5, 5.41) is 4.19. The Labute approximate surface area is 118 Å². The first-order chi connectivity index (χ1) is 9.58. The number of rotatable bonds is 5. The van der Waals surface area contributed by atoms with Crippen LogP contribution in [0.5, 0.6) is 0 Å². The van der Waals surface area contributed by atoms with Crippen molar-refractivity contribution >= 4 is 22.9 Å². The zero-order chi connectivity index (χ0) is 14.5. The maximum absolute atomic E-state index is 13.3. The Kier molecular flexibility index (Phi) is 4.79. The fourth-order valence-corrected chi connectivity index (χ4v) is 2.46. The molecule has 1 heterocycles. The van der Waals surface area contributed by atoms with Gasteiger partial charge in [0.1, 0.15) is 0 Å². The van der Waals surface area contributed by atoms with Gasteiger partial charge in [-0.3, -0.25) is 4.79 Å². The maximum Gasteiger partial charge on any atom is 0.224 e. The molecule has 0 fully saturated rings. The molecule has 2 aromatic rings. The highest BCUT2D eigenvalue weighted by Gasteiger charge is 2.14. The minimum absolute atomic E-state index is 0.191. The van der Waals surface area contributed by atoms with E-state index in [0.29, 0.717) is 6.42 Å². The largest absolute Gasteiger partial charge is 0.324 e. The molecule has 2 nitrogen and oxygen atoms in total. The molecule has 1 N–H and O–H groups in total. The van der Waals surface area contributed by atoms with Crippen LogP contribution >= 0.6 is 11.3 Å². The van der Waals surface area contributed by atoms with Crippen molar-refractivity contribution in [1.29, 1.82) is 0 Å². The fraction of sp³-hybridized carbons (Fsp3) is 0.214. The molecule has 1 aromatic heterocycles. The van der Waals surface area contributed by atoms with Crippen molar-refractivity contribution in [3.8, 4) is 0 Å². The number of thiophene rings is 1. The Morgan fingerprint density at radius 3 is 2.65 bits per heavy atom. The number of carbonyl (C=O) groups excluding carboxylic acids is 1. The van der Waals surface area contributed by atoms with Crippen molar-refractivity contribution in [2.24, 2.45) is 0 Å². The Morgan fingerprint density at radius 1 is 1.15 bits per heavy atom. The van der Waals surface area contributed by atoms with E-state index in [4.69, 9.17) is 0 Å². The lowest BCUT2D eigenvalue weighted by Crippen LogP contribution is -2.13. The van der Waals surface area contributed by atoms with E-state index in [1.54, 1.807) is 11.3 Å². The molecule has 1 aromatic carbocycles. The van der Waals surface area contributed by atoms with E-state index in [1.165, 1.54) is 0 Å². The van der Waals surface area contributed by atoms with E-state index in [-0.39, 0.29) is 12.1 Å². The summed E-state index contributed by atoms with van der Waals surface area (Å²) < 4.78 is 39.0. The Balaban J connectivity index is 1.87. The molecule has 0 radical (unpaired) electrons. The minimum atomic E-state index is -1.58. The van der Waals surface area contributed by atoms with Gasteiger partial charge in [-0.05, 0) is 36.4 Å². The summed E-state index contributed by atoms with van der Waals surface area (Å²) in [7, 11) is 0. The van der Waals surface area contributed by atoms with E-state index < -0.39 is 23.4 Å². The maximum atomic E-state index is 13.3. The summed E-state index contributed by atoms with van der Waals surface area (Å²) >= 11 is 1.60. The van der Waals surface area contributed by atoms with Crippen LogP contribution in [-0.2, 0) is 11.2 Å². The van der Waals surface area contributed by atoms with Gasteiger partial charge in [0, 0.05) is 11.3 Å². The van der Waals surface area contributed by atoms with Crippen LogP contribution in [-0.4, -0.2) is 5.91 Å². The summed E-state index contributed by atoms with van der Waals surface area (Å²) in [6, 6.07) is 5.68. The van der Waals surface area contributed by atoms with Gasteiger partial charge in [0.15, 0.2) is 17.5 Å². The second kappa shape index (κ2) is 6.56. The number of carbonyl (C=O) groups is 1. The lowest BCUT2D eigenvalue weighted by atomic mass is 10.2. The van der Waals surface area contributed by atoms with Gasteiger partial charge >= 0.3 is 0 Å². The van der Waals surface area contributed by atoms with E-state index in [9.17, 15) is 18.0 Å². The van der Waals surface area contributed by atoms with Crippen LogP contribution in [0.4, 0.5) is 18.9 Å². The Morgan fingerprint density at radius 2 is 1.95 bits per heavy atom. The van der Waals surface area contributed by atoms with Crippen molar-refractivity contribution in [1.82, 2.24) is 0 Å². The smallest absolute Gasteiger partial charge is 0.224 e. The van der Waals surface area contributed by atoms with Gasteiger partial charge in [0.25, 0.3) is 0 Å². The molecule has 6 heteroatoms. The third kappa shape index (κ3) is 3.60. The van der Waals surface area contributed by atoms with E-state index in [2.05, 4.69) is 5.32 Å². The zero-order valence-corrected chi connectivity index (χ0v) is 11.3. The molecule has 20 heavy (non-hydrogen) atoms. The molecule has 2 rings (SSSR count). The first-order valence-corrected chi connectivity index (χ1v) is 6.91. The minimum Gasteiger partial charge on any atom is -0.324 e. The first kappa shape index (κ1) is 14.6. The Bertz CT molecular complexity index is 599. The molecule has 0 bridgehead atoms. The highest BCUT2D eigenvalue weighted by atomic mass is 32.1. The number of benzene rings is 1. The van der Waals surface area contributed by atoms with Crippen LogP contribution in [0.2, 0.25) is 0 Å². The van der Waals surface area contributed by atoms with E-state index in [1.807, 2.05) is 17.5 Å². The third-order valence-electron chi connectivity index (χ3n) is 2.72. The normalized spacial score (nSPS) is 10.6. The van der Waals surface area contributed by atoms with Crippen molar-refractivity contribution in [3.05, 3.63) is 52.0 Å². The van der Waals surface area contributed by atoms with Gasteiger partial charge in [-0.1, -0.05) is 6.07 Å². The van der Waals surface area contributed by atoms with Crippen molar-refractivity contribution < 1.29 is 18.0 Å². The molecular weight excluding hydrogens is 287 g/mol. The number of nitrogens with one attached hydrogen (secondary N) is 1. The summed E-state index contributed by atoms with van der Waals surface area (Å²) in [4.78, 5) is 12.8. The lowest BCUT2D eigenvalue weighted by molar-refractivity contribution is -0.116. The topological polar surface area (TPSA) is 29.1 Å². The molecule has 1 amide bonds. The summed E-state index contributed by atoms with van der Waals surface area (Å²) in [6.07, 6.45) is 1.55. The molecule has 0 atom stereocenters. The van der Waals surface area contributed by atoms with Crippen LogP contribution in [0.25, 0.3) is 0 Å². The van der Waals surface area contributed by atoms with Crippen LogP contribution in [0.1, 0.15) is 17.7 Å². The van der Waals surface area contributed by atoms with Crippen LogP contribution in [0.15, 0.2) is 29.6 Å². The molecule has 0 spiro atoms. The molecule has 0 saturated carbocycles. The molecule has 0 aliphatic rings. The van der Waals surface area contributed by atoms with Gasteiger partial charge in [0.2, 0.25) is 5.91 Å².